The second kappa shape index (κ2) is 6.20. The largest absolute Gasteiger partial charge is 0.467 e. The highest BCUT2D eigenvalue weighted by atomic mass is 16.5. The van der Waals surface area contributed by atoms with Gasteiger partial charge in [0, 0.05) is 24.5 Å². The van der Waals surface area contributed by atoms with Crippen molar-refractivity contribution in [2.75, 3.05) is 6.61 Å². The Morgan fingerprint density at radius 1 is 1.45 bits per heavy atom. The van der Waals surface area contributed by atoms with Crippen LogP contribution >= 0.6 is 0 Å². The second-order valence-corrected chi connectivity index (χ2v) is 4.79. The number of ether oxygens (including phenoxy) is 1. The molecule has 0 aromatic carbocycles. The van der Waals surface area contributed by atoms with Crippen LogP contribution in [-0.2, 0) is 11.3 Å². The van der Waals surface area contributed by atoms with Gasteiger partial charge in [0.05, 0.1) is 6.54 Å². The molecular weight excluding hydrogens is 286 g/mol. The van der Waals surface area contributed by atoms with E-state index in [1.54, 1.807) is 23.0 Å². The molecule has 3 rings (SSSR count). The van der Waals surface area contributed by atoms with Crippen LogP contribution < -0.4 is 10.1 Å². The number of nitrogens with one attached hydrogen (secondary N) is 1. The predicted molar refractivity (Wildman–Crippen MR) is 76.1 cm³/mol. The van der Waals surface area contributed by atoms with Crippen molar-refractivity contribution >= 4 is 11.6 Å². The van der Waals surface area contributed by atoms with Gasteiger partial charge in [0.1, 0.15) is 6.33 Å². The Kier molecular flexibility index (Phi) is 3.95. The number of carbonyl (C=O) groups is 1. The first-order chi connectivity index (χ1) is 10.7. The van der Waals surface area contributed by atoms with E-state index in [-0.39, 0.29) is 18.6 Å². The molecule has 9 nitrogen and oxygen atoms in total. The topological polar surface area (TPSA) is 99.2 Å². The fraction of sp³-hybridized carbons (Fsp3) is 0.308. The number of nitrogens with zero attached hydrogens (tertiary/aromatic N) is 6. The van der Waals surface area contributed by atoms with Crippen molar-refractivity contribution in [2.24, 2.45) is 0 Å². The van der Waals surface area contributed by atoms with Crippen LogP contribution in [0, 0.1) is 0 Å². The average molecular weight is 301 g/mol. The molecule has 0 saturated heterocycles. The number of rotatable bonds is 6. The van der Waals surface area contributed by atoms with Gasteiger partial charge in [-0.3, -0.25) is 9.48 Å². The van der Waals surface area contributed by atoms with Crippen LogP contribution in [0.3, 0.4) is 0 Å². The molecule has 1 atom stereocenters. The summed E-state index contributed by atoms with van der Waals surface area (Å²) in [6, 6.07) is 5.15. The zero-order valence-electron chi connectivity index (χ0n) is 12.0. The monoisotopic (exact) mass is 301 g/mol. The summed E-state index contributed by atoms with van der Waals surface area (Å²) in [5, 5.41) is 18.6. The summed E-state index contributed by atoms with van der Waals surface area (Å²) in [4.78, 5) is 11.8. The lowest BCUT2D eigenvalue weighted by atomic mass is 10.3. The highest BCUT2D eigenvalue weighted by molar-refractivity contribution is 5.77. The Hall–Kier alpha value is -2.97. The number of fused-ring (bicyclic) bond motifs is 1. The minimum atomic E-state index is -0.217. The molecule has 9 heteroatoms. The van der Waals surface area contributed by atoms with Crippen LogP contribution in [0.15, 0.2) is 36.9 Å². The maximum atomic E-state index is 11.8. The van der Waals surface area contributed by atoms with Crippen molar-refractivity contribution in [3.63, 3.8) is 0 Å². The van der Waals surface area contributed by atoms with Crippen LogP contribution in [-0.4, -0.2) is 48.1 Å². The maximum absolute atomic E-state index is 11.8. The zero-order valence-corrected chi connectivity index (χ0v) is 12.0. The van der Waals surface area contributed by atoms with Crippen LogP contribution in [0.2, 0.25) is 0 Å². The molecule has 0 aliphatic carbocycles. The van der Waals surface area contributed by atoms with E-state index in [2.05, 4.69) is 25.7 Å². The van der Waals surface area contributed by atoms with E-state index in [0.29, 0.717) is 18.1 Å². The van der Waals surface area contributed by atoms with E-state index in [0.717, 1.165) is 0 Å². The van der Waals surface area contributed by atoms with E-state index >= 15 is 0 Å². The Balaban J connectivity index is 1.49. The first kappa shape index (κ1) is 14.0. The molecule has 0 unspecified atom stereocenters. The number of hydrogen-bond donors (Lipinski definition) is 1. The second-order valence-electron chi connectivity index (χ2n) is 4.79. The maximum Gasteiger partial charge on any atom is 0.258 e. The van der Waals surface area contributed by atoms with Gasteiger partial charge in [0.15, 0.2) is 12.3 Å². The minimum absolute atomic E-state index is 0.0516. The molecular formula is C13H15N7O2. The lowest BCUT2D eigenvalue weighted by Crippen LogP contribution is -2.38. The first-order valence-electron chi connectivity index (χ1n) is 6.77. The van der Waals surface area contributed by atoms with E-state index in [4.69, 9.17) is 4.74 Å². The van der Waals surface area contributed by atoms with Gasteiger partial charge in [0.2, 0.25) is 5.88 Å². The molecule has 22 heavy (non-hydrogen) atoms. The number of carbonyl (C=O) groups excluding carboxylic acids is 1. The summed E-state index contributed by atoms with van der Waals surface area (Å²) >= 11 is 0. The molecule has 0 bridgehead atoms. The SMILES string of the molecule is C[C@@H](Cn1cccn1)NC(=O)COc1ccc2nncn2n1. The molecule has 0 spiro atoms. The van der Waals surface area contributed by atoms with E-state index < -0.39 is 0 Å². The molecule has 0 radical (unpaired) electrons. The summed E-state index contributed by atoms with van der Waals surface area (Å²) in [6.07, 6.45) is 5.01. The molecule has 1 amide bonds. The van der Waals surface area contributed by atoms with E-state index in [1.807, 2.05) is 19.2 Å². The van der Waals surface area contributed by atoms with Crippen LogP contribution in [0.1, 0.15) is 6.92 Å². The first-order valence-corrected chi connectivity index (χ1v) is 6.77. The van der Waals surface area contributed by atoms with Gasteiger partial charge in [0.25, 0.3) is 5.91 Å². The van der Waals surface area contributed by atoms with Crippen molar-refractivity contribution in [3.05, 3.63) is 36.9 Å². The highest BCUT2D eigenvalue weighted by Crippen LogP contribution is 2.06. The minimum Gasteiger partial charge on any atom is -0.467 e. The summed E-state index contributed by atoms with van der Waals surface area (Å²) in [5.74, 6) is 0.118. The van der Waals surface area contributed by atoms with Gasteiger partial charge < -0.3 is 10.1 Å². The molecule has 3 heterocycles. The van der Waals surface area contributed by atoms with Crippen LogP contribution in [0.4, 0.5) is 0 Å². The lowest BCUT2D eigenvalue weighted by Gasteiger charge is -2.14. The number of hydrogen-bond acceptors (Lipinski definition) is 6. The van der Waals surface area contributed by atoms with Crippen molar-refractivity contribution in [2.45, 2.75) is 19.5 Å². The lowest BCUT2D eigenvalue weighted by molar-refractivity contribution is -0.123. The Morgan fingerprint density at radius 3 is 3.18 bits per heavy atom. The number of amides is 1. The average Bonchev–Trinajstić information content (AvgIpc) is 3.15. The van der Waals surface area contributed by atoms with Gasteiger partial charge >= 0.3 is 0 Å². The van der Waals surface area contributed by atoms with Gasteiger partial charge in [-0.05, 0) is 19.1 Å². The summed E-state index contributed by atoms with van der Waals surface area (Å²) in [6.45, 7) is 2.40. The van der Waals surface area contributed by atoms with Gasteiger partial charge in [-0.2, -0.15) is 9.61 Å². The standard InChI is InChI=1S/C13H15N7O2/c1-10(7-19-6-2-5-15-19)16-12(21)8-22-13-4-3-11-17-14-9-20(11)18-13/h2-6,9-10H,7-8H2,1H3,(H,16,21)/t10-/m0/s1. The van der Waals surface area contributed by atoms with Crippen molar-refractivity contribution in [3.8, 4) is 5.88 Å². The van der Waals surface area contributed by atoms with Crippen molar-refractivity contribution < 1.29 is 9.53 Å². The van der Waals surface area contributed by atoms with E-state index in [9.17, 15) is 4.79 Å². The Bertz CT molecular complexity index is 753. The van der Waals surface area contributed by atoms with Crippen molar-refractivity contribution in [1.82, 2.24) is 34.9 Å². The molecule has 0 fully saturated rings. The van der Waals surface area contributed by atoms with Gasteiger partial charge in [-0.15, -0.1) is 15.3 Å². The van der Waals surface area contributed by atoms with Gasteiger partial charge in [-0.1, -0.05) is 0 Å². The molecule has 114 valence electrons. The Labute approximate surface area is 125 Å². The highest BCUT2D eigenvalue weighted by Gasteiger charge is 2.09. The summed E-state index contributed by atoms with van der Waals surface area (Å²) in [7, 11) is 0. The quantitative estimate of drug-likeness (QED) is 0.683. The van der Waals surface area contributed by atoms with E-state index in [1.165, 1.54) is 10.8 Å². The molecule has 3 aromatic rings. The number of aromatic nitrogens is 6. The fourth-order valence-corrected chi connectivity index (χ4v) is 1.98. The van der Waals surface area contributed by atoms with Crippen LogP contribution in [0.25, 0.3) is 5.65 Å². The summed E-state index contributed by atoms with van der Waals surface area (Å²) < 4.78 is 8.60. The Morgan fingerprint density at radius 2 is 2.36 bits per heavy atom. The predicted octanol–water partition coefficient (Wildman–Crippen LogP) is -0.0955. The summed E-state index contributed by atoms with van der Waals surface area (Å²) in [5.41, 5.74) is 0.615. The zero-order chi connectivity index (χ0) is 15.4. The third-order valence-corrected chi connectivity index (χ3v) is 2.92. The van der Waals surface area contributed by atoms with Crippen LogP contribution in [0.5, 0.6) is 5.88 Å². The third-order valence-electron chi connectivity index (χ3n) is 2.92. The third kappa shape index (κ3) is 3.37. The molecule has 0 saturated carbocycles. The molecule has 0 aliphatic heterocycles. The normalized spacial score (nSPS) is 12.2. The molecule has 3 aromatic heterocycles. The molecule has 0 aliphatic rings. The fourth-order valence-electron chi connectivity index (χ4n) is 1.98. The van der Waals surface area contributed by atoms with Crippen molar-refractivity contribution in [1.29, 1.82) is 0 Å². The smallest absolute Gasteiger partial charge is 0.258 e. The molecule has 1 N–H and O–H groups in total. The van der Waals surface area contributed by atoms with Gasteiger partial charge in [-0.25, -0.2) is 0 Å².